The van der Waals surface area contributed by atoms with Crippen molar-refractivity contribution in [1.82, 2.24) is 0 Å². The van der Waals surface area contributed by atoms with E-state index in [0.29, 0.717) is 24.2 Å². The Bertz CT molecular complexity index is 813. The lowest BCUT2D eigenvalue weighted by Crippen LogP contribution is -2.25. The molecule has 122 valence electrons. The predicted octanol–water partition coefficient (Wildman–Crippen LogP) is 3.55. The molecule has 24 heavy (non-hydrogen) atoms. The molecule has 4 nitrogen and oxygen atoms in total. The molecule has 4 heteroatoms. The molecule has 2 aliphatic rings. The second-order valence-electron chi connectivity index (χ2n) is 6.46. The van der Waals surface area contributed by atoms with Gasteiger partial charge in [-0.15, -0.1) is 0 Å². The average molecular weight is 320 g/mol. The van der Waals surface area contributed by atoms with Gasteiger partial charge in [0.1, 0.15) is 0 Å². The molecule has 1 aliphatic carbocycles. The second-order valence-corrected chi connectivity index (χ2v) is 6.46. The van der Waals surface area contributed by atoms with Gasteiger partial charge >= 0.3 is 0 Å². The summed E-state index contributed by atoms with van der Waals surface area (Å²) in [4.78, 5) is 26.4. The minimum atomic E-state index is -0.121. The lowest BCUT2D eigenvalue weighted by molar-refractivity contribution is -0.117. The first kappa shape index (κ1) is 14.9. The summed E-state index contributed by atoms with van der Waals surface area (Å²) in [6.45, 7) is 0.713. The van der Waals surface area contributed by atoms with Crippen LogP contribution in [0.1, 0.15) is 40.7 Å². The van der Waals surface area contributed by atoms with Crippen molar-refractivity contribution in [2.45, 2.75) is 32.1 Å². The first-order valence-electron chi connectivity index (χ1n) is 8.55. The van der Waals surface area contributed by atoms with Crippen LogP contribution in [0.2, 0.25) is 0 Å². The summed E-state index contributed by atoms with van der Waals surface area (Å²) in [6, 6.07) is 13.5. The number of hydrogen-bond acceptors (Lipinski definition) is 2. The number of hydrogen-bond donors (Lipinski definition) is 1. The number of benzene rings is 2. The van der Waals surface area contributed by atoms with E-state index in [1.54, 1.807) is 4.90 Å². The number of amides is 2. The zero-order valence-electron chi connectivity index (χ0n) is 13.5. The van der Waals surface area contributed by atoms with E-state index in [1.165, 1.54) is 17.5 Å². The average Bonchev–Trinajstić information content (AvgIpc) is 3.23. The highest BCUT2D eigenvalue weighted by molar-refractivity contribution is 6.08. The van der Waals surface area contributed by atoms with Gasteiger partial charge in [-0.1, -0.05) is 18.2 Å². The number of aryl methyl sites for hydroxylation is 2. The molecule has 2 aromatic rings. The highest BCUT2D eigenvalue weighted by Gasteiger charge is 2.24. The Labute approximate surface area is 141 Å². The predicted molar refractivity (Wildman–Crippen MR) is 94.4 cm³/mol. The number of fused-ring (bicyclic) bond motifs is 1. The van der Waals surface area contributed by atoms with Crippen molar-refractivity contribution in [3.63, 3.8) is 0 Å². The SMILES string of the molecule is O=C(Nc1ccccc1N1CCCC1=O)c1ccc2c(c1)CCC2. The Balaban J connectivity index is 1.59. The Morgan fingerprint density at radius 2 is 1.79 bits per heavy atom. The van der Waals surface area contributed by atoms with Gasteiger partial charge < -0.3 is 10.2 Å². The lowest BCUT2D eigenvalue weighted by Gasteiger charge is -2.20. The molecule has 1 N–H and O–H groups in total. The fourth-order valence-electron chi connectivity index (χ4n) is 3.63. The number of rotatable bonds is 3. The molecule has 0 spiro atoms. The molecule has 1 aliphatic heterocycles. The van der Waals surface area contributed by atoms with Crippen molar-refractivity contribution in [3.05, 3.63) is 59.2 Å². The zero-order chi connectivity index (χ0) is 16.5. The van der Waals surface area contributed by atoms with Crippen LogP contribution >= 0.6 is 0 Å². The quantitative estimate of drug-likeness (QED) is 0.940. The third-order valence-electron chi connectivity index (χ3n) is 4.88. The first-order chi connectivity index (χ1) is 11.7. The summed E-state index contributed by atoms with van der Waals surface area (Å²) in [6.07, 6.45) is 4.77. The van der Waals surface area contributed by atoms with E-state index in [1.807, 2.05) is 36.4 Å². The molecule has 0 aromatic heterocycles. The highest BCUT2D eigenvalue weighted by Crippen LogP contribution is 2.30. The van der Waals surface area contributed by atoms with E-state index in [0.717, 1.165) is 24.9 Å². The van der Waals surface area contributed by atoms with Crippen molar-refractivity contribution in [3.8, 4) is 0 Å². The van der Waals surface area contributed by atoms with Gasteiger partial charge in [-0.05, 0) is 61.1 Å². The van der Waals surface area contributed by atoms with Gasteiger partial charge in [0.15, 0.2) is 0 Å². The smallest absolute Gasteiger partial charge is 0.255 e. The van der Waals surface area contributed by atoms with Gasteiger partial charge in [-0.3, -0.25) is 9.59 Å². The summed E-state index contributed by atoms with van der Waals surface area (Å²) < 4.78 is 0. The Hall–Kier alpha value is -2.62. The van der Waals surface area contributed by atoms with Crippen molar-refractivity contribution in [2.24, 2.45) is 0 Å². The molecule has 0 bridgehead atoms. The molecule has 1 heterocycles. The van der Waals surface area contributed by atoms with E-state index >= 15 is 0 Å². The molecule has 1 saturated heterocycles. The molecule has 2 aromatic carbocycles. The third-order valence-corrected chi connectivity index (χ3v) is 4.88. The van der Waals surface area contributed by atoms with Crippen LogP contribution in [-0.4, -0.2) is 18.4 Å². The van der Waals surface area contributed by atoms with Crippen LogP contribution in [0.15, 0.2) is 42.5 Å². The van der Waals surface area contributed by atoms with Gasteiger partial charge in [-0.2, -0.15) is 0 Å². The summed E-state index contributed by atoms with van der Waals surface area (Å²) in [5.74, 6) is -0.00183. The van der Waals surface area contributed by atoms with E-state index in [9.17, 15) is 9.59 Å². The van der Waals surface area contributed by atoms with Gasteiger partial charge in [0.25, 0.3) is 5.91 Å². The molecule has 4 rings (SSSR count). The van der Waals surface area contributed by atoms with Crippen LogP contribution in [0.5, 0.6) is 0 Å². The molecule has 0 radical (unpaired) electrons. The van der Waals surface area contributed by atoms with E-state index in [2.05, 4.69) is 11.4 Å². The number of anilines is 2. The van der Waals surface area contributed by atoms with Crippen LogP contribution in [0.3, 0.4) is 0 Å². The molecular weight excluding hydrogens is 300 g/mol. The van der Waals surface area contributed by atoms with E-state index < -0.39 is 0 Å². The van der Waals surface area contributed by atoms with Crippen molar-refractivity contribution in [2.75, 3.05) is 16.8 Å². The van der Waals surface area contributed by atoms with Crippen LogP contribution in [0.4, 0.5) is 11.4 Å². The van der Waals surface area contributed by atoms with Gasteiger partial charge in [0.05, 0.1) is 11.4 Å². The number of nitrogens with one attached hydrogen (secondary N) is 1. The first-order valence-corrected chi connectivity index (χ1v) is 8.55. The van der Waals surface area contributed by atoms with Crippen molar-refractivity contribution in [1.29, 1.82) is 0 Å². The van der Waals surface area contributed by atoms with Crippen LogP contribution < -0.4 is 10.2 Å². The largest absolute Gasteiger partial charge is 0.320 e. The number of nitrogens with zero attached hydrogens (tertiary/aromatic N) is 1. The number of carbonyl (C=O) groups excluding carboxylic acids is 2. The Morgan fingerprint density at radius 1 is 0.958 bits per heavy atom. The summed E-state index contributed by atoms with van der Waals surface area (Å²) in [5.41, 5.74) is 4.80. The summed E-state index contributed by atoms with van der Waals surface area (Å²) in [5, 5.41) is 2.98. The molecule has 0 saturated carbocycles. The summed E-state index contributed by atoms with van der Waals surface area (Å²) in [7, 11) is 0. The Kier molecular flexibility index (Phi) is 3.81. The standard InChI is InChI=1S/C20H20N2O2/c23-19-9-4-12-22(19)18-8-2-1-7-17(18)21-20(24)16-11-10-14-5-3-6-15(14)13-16/h1-2,7-8,10-11,13H,3-6,9,12H2,(H,21,24). The minimum absolute atomic E-state index is 0.120. The fourth-order valence-corrected chi connectivity index (χ4v) is 3.63. The molecule has 0 unspecified atom stereocenters. The molecule has 0 atom stereocenters. The maximum Gasteiger partial charge on any atom is 0.255 e. The van der Waals surface area contributed by atoms with Crippen LogP contribution in [0.25, 0.3) is 0 Å². The third kappa shape index (κ3) is 2.68. The van der Waals surface area contributed by atoms with Crippen LogP contribution in [0, 0.1) is 0 Å². The maximum atomic E-state index is 12.6. The Morgan fingerprint density at radius 3 is 2.62 bits per heavy atom. The second kappa shape index (κ2) is 6.11. The highest BCUT2D eigenvalue weighted by atomic mass is 16.2. The van der Waals surface area contributed by atoms with Crippen molar-refractivity contribution >= 4 is 23.2 Å². The molecule has 1 fully saturated rings. The zero-order valence-corrected chi connectivity index (χ0v) is 13.5. The van der Waals surface area contributed by atoms with Gasteiger partial charge in [-0.25, -0.2) is 0 Å². The minimum Gasteiger partial charge on any atom is -0.320 e. The normalized spacial score (nSPS) is 16.3. The number of para-hydroxylation sites is 2. The van der Waals surface area contributed by atoms with E-state index in [4.69, 9.17) is 0 Å². The number of carbonyl (C=O) groups is 2. The maximum absolute atomic E-state index is 12.6. The van der Waals surface area contributed by atoms with Crippen LogP contribution in [-0.2, 0) is 17.6 Å². The van der Waals surface area contributed by atoms with Gasteiger partial charge in [0, 0.05) is 18.5 Å². The van der Waals surface area contributed by atoms with E-state index in [-0.39, 0.29) is 11.8 Å². The molecular formula is C20H20N2O2. The lowest BCUT2D eigenvalue weighted by atomic mass is 10.1. The fraction of sp³-hybridized carbons (Fsp3) is 0.300. The topological polar surface area (TPSA) is 49.4 Å². The molecule has 2 amide bonds. The summed E-state index contributed by atoms with van der Waals surface area (Å²) >= 11 is 0. The van der Waals surface area contributed by atoms with Gasteiger partial charge in [0.2, 0.25) is 5.91 Å². The monoisotopic (exact) mass is 320 g/mol. The van der Waals surface area contributed by atoms with Crippen molar-refractivity contribution < 1.29 is 9.59 Å².